The van der Waals surface area contributed by atoms with Gasteiger partial charge in [-0.2, -0.15) is 0 Å². The third-order valence-electron chi connectivity index (χ3n) is 4.05. The Morgan fingerprint density at radius 1 is 1.55 bits per heavy atom. The van der Waals surface area contributed by atoms with E-state index in [9.17, 15) is 4.79 Å². The van der Waals surface area contributed by atoms with Crippen molar-refractivity contribution in [2.45, 2.75) is 32.4 Å². The molecule has 1 aliphatic rings. The van der Waals surface area contributed by atoms with E-state index in [4.69, 9.17) is 9.84 Å². The first-order chi connectivity index (χ1) is 9.69. The summed E-state index contributed by atoms with van der Waals surface area (Å²) in [6.07, 6.45) is 4.16. The maximum Gasteiger partial charge on any atom is 0.335 e. The van der Waals surface area contributed by atoms with Gasteiger partial charge in [0, 0.05) is 19.1 Å². The van der Waals surface area contributed by atoms with Crippen LogP contribution in [0.25, 0.3) is 11.0 Å². The van der Waals surface area contributed by atoms with Gasteiger partial charge in [-0.1, -0.05) is 6.92 Å². The summed E-state index contributed by atoms with van der Waals surface area (Å²) < 4.78 is 7.76. The molecule has 5 heteroatoms. The van der Waals surface area contributed by atoms with Crippen LogP contribution in [0.3, 0.4) is 0 Å². The molecule has 1 N–H and O–H groups in total. The number of aromatic carboxylic acids is 1. The number of hydrogen-bond donors (Lipinski definition) is 1. The average molecular weight is 274 g/mol. The van der Waals surface area contributed by atoms with Gasteiger partial charge in [-0.05, 0) is 31.0 Å². The highest BCUT2D eigenvalue weighted by Crippen LogP contribution is 2.26. The second-order valence-corrected chi connectivity index (χ2v) is 5.27. The number of hydrogen-bond acceptors (Lipinski definition) is 3. The Balaban J connectivity index is 1.91. The number of carbonyl (C=O) groups is 1. The minimum atomic E-state index is -0.907. The molecule has 1 aromatic carbocycles. The van der Waals surface area contributed by atoms with Crippen molar-refractivity contribution in [3.63, 3.8) is 0 Å². The van der Waals surface area contributed by atoms with Crippen LogP contribution in [-0.2, 0) is 11.3 Å². The first-order valence-electron chi connectivity index (χ1n) is 6.99. The van der Waals surface area contributed by atoms with Gasteiger partial charge < -0.3 is 14.4 Å². The van der Waals surface area contributed by atoms with Gasteiger partial charge in [0.2, 0.25) is 0 Å². The number of aromatic nitrogens is 2. The number of imidazole rings is 1. The molecule has 20 heavy (non-hydrogen) atoms. The molecule has 2 unspecified atom stereocenters. The summed E-state index contributed by atoms with van der Waals surface area (Å²) in [7, 11) is 0. The Hall–Kier alpha value is -1.88. The molecule has 0 bridgehead atoms. The third kappa shape index (κ3) is 2.29. The van der Waals surface area contributed by atoms with Crippen LogP contribution < -0.4 is 0 Å². The van der Waals surface area contributed by atoms with Crippen LogP contribution in [-0.4, -0.2) is 33.3 Å². The Morgan fingerprint density at radius 2 is 2.40 bits per heavy atom. The lowest BCUT2D eigenvalue weighted by atomic mass is 9.99. The fraction of sp³-hybridized carbons (Fsp3) is 0.467. The van der Waals surface area contributed by atoms with Crippen molar-refractivity contribution in [3.8, 4) is 0 Å². The highest BCUT2D eigenvalue weighted by molar-refractivity contribution is 5.92. The number of fused-ring (bicyclic) bond motifs is 1. The standard InChI is InChI=1S/C15H18N2O3/c1-2-14-11(5-6-20-14)8-17-9-16-12-4-3-10(15(18)19)7-13(12)17/h3-4,7,9,11,14H,2,5-6,8H2,1H3,(H,18,19). The Labute approximate surface area is 117 Å². The number of benzene rings is 1. The molecule has 0 spiro atoms. The molecule has 1 fully saturated rings. The van der Waals surface area contributed by atoms with E-state index in [2.05, 4.69) is 11.9 Å². The van der Waals surface area contributed by atoms with Gasteiger partial charge in [-0.25, -0.2) is 9.78 Å². The van der Waals surface area contributed by atoms with E-state index in [0.717, 1.165) is 37.0 Å². The number of nitrogens with zero attached hydrogens (tertiary/aromatic N) is 2. The zero-order valence-corrected chi connectivity index (χ0v) is 11.5. The second-order valence-electron chi connectivity index (χ2n) is 5.27. The first kappa shape index (κ1) is 13.1. The summed E-state index contributed by atoms with van der Waals surface area (Å²) in [5.41, 5.74) is 2.02. The zero-order chi connectivity index (χ0) is 14.1. The molecular weight excluding hydrogens is 256 g/mol. The fourth-order valence-corrected chi connectivity index (χ4v) is 2.94. The average Bonchev–Trinajstić information content (AvgIpc) is 3.05. The van der Waals surface area contributed by atoms with E-state index in [1.165, 1.54) is 0 Å². The van der Waals surface area contributed by atoms with Gasteiger partial charge >= 0.3 is 5.97 Å². The van der Waals surface area contributed by atoms with Crippen molar-refractivity contribution in [2.75, 3.05) is 6.61 Å². The topological polar surface area (TPSA) is 64.4 Å². The molecule has 2 atom stereocenters. The highest BCUT2D eigenvalue weighted by Gasteiger charge is 2.27. The van der Waals surface area contributed by atoms with Crippen LogP contribution in [0, 0.1) is 5.92 Å². The van der Waals surface area contributed by atoms with Gasteiger partial charge in [0.05, 0.1) is 29.0 Å². The molecule has 0 amide bonds. The van der Waals surface area contributed by atoms with E-state index < -0.39 is 5.97 Å². The Morgan fingerprint density at radius 3 is 3.15 bits per heavy atom. The lowest BCUT2D eigenvalue weighted by Crippen LogP contribution is -2.19. The van der Waals surface area contributed by atoms with Gasteiger partial charge in [0.15, 0.2) is 0 Å². The Kier molecular flexibility index (Phi) is 3.44. The summed E-state index contributed by atoms with van der Waals surface area (Å²) in [5.74, 6) is -0.429. The van der Waals surface area contributed by atoms with Crippen molar-refractivity contribution in [1.82, 2.24) is 9.55 Å². The largest absolute Gasteiger partial charge is 0.478 e. The molecule has 1 saturated heterocycles. The SMILES string of the molecule is CCC1OCCC1Cn1cnc2ccc(C(=O)O)cc21. The van der Waals surface area contributed by atoms with Crippen molar-refractivity contribution in [2.24, 2.45) is 5.92 Å². The molecule has 0 aliphatic carbocycles. The van der Waals surface area contributed by atoms with Gasteiger partial charge in [-0.3, -0.25) is 0 Å². The summed E-state index contributed by atoms with van der Waals surface area (Å²) in [5, 5.41) is 9.09. The van der Waals surface area contributed by atoms with Crippen molar-refractivity contribution in [3.05, 3.63) is 30.1 Å². The van der Waals surface area contributed by atoms with Gasteiger partial charge in [-0.15, -0.1) is 0 Å². The molecule has 1 aromatic heterocycles. The molecule has 2 aromatic rings. The number of ether oxygens (including phenoxy) is 1. The minimum absolute atomic E-state index is 0.300. The van der Waals surface area contributed by atoms with E-state index in [1.54, 1.807) is 24.5 Å². The first-order valence-corrected chi connectivity index (χ1v) is 6.99. The van der Waals surface area contributed by atoms with Crippen molar-refractivity contribution < 1.29 is 14.6 Å². The lowest BCUT2D eigenvalue weighted by Gasteiger charge is -2.17. The number of carboxylic acid groups (broad SMARTS) is 1. The molecule has 0 radical (unpaired) electrons. The molecule has 0 saturated carbocycles. The quantitative estimate of drug-likeness (QED) is 0.930. The molecule has 2 heterocycles. The zero-order valence-electron chi connectivity index (χ0n) is 11.5. The van der Waals surface area contributed by atoms with Crippen LogP contribution in [0.15, 0.2) is 24.5 Å². The van der Waals surface area contributed by atoms with Crippen LogP contribution in [0.2, 0.25) is 0 Å². The summed E-state index contributed by atoms with van der Waals surface area (Å²) in [4.78, 5) is 15.4. The maximum atomic E-state index is 11.1. The van der Waals surface area contributed by atoms with Crippen LogP contribution in [0.5, 0.6) is 0 Å². The van der Waals surface area contributed by atoms with Crippen LogP contribution in [0.1, 0.15) is 30.1 Å². The monoisotopic (exact) mass is 274 g/mol. The number of rotatable bonds is 4. The second kappa shape index (κ2) is 5.25. The van der Waals surface area contributed by atoms with Crippen LogP contribution in [0.4, 0.5) is 0 Å². The lowest BCUT2D eigenvalue weighted by molar-refractivity contribution is 0.0697. The predicted molar refractivity (Wildman–Crippen MR) is 74.8 cm³/mol. The van der Waals surface area contributed by atoms with E-state index >= 15 is 0 Å². The smallest absolute Gasteiger partial charge is 0.335 e. The molecule has 106 valence electrons. The molecular formula is C15H18N2O3. The summed E-state index contributed by atoms with van der Waals surface area (Å²) >= 11 is 0. The van der Waals surface area contributed by atoms with E-state index in [-0.39, 0.29) is 0 Å². The molecule has 1 aliphatic heterocycles. The number of carboxylic acids is 1. The summed E-state index contributed by atoms with van der Waals surface area (Å²) in [6, 6.07) is 5.05. The van der Waals surface area contributed by atoms with E-state index in [1.807, 2.05) is 4.57 Å². The molecule has 3 rings (SSSR count). The van der Waals surface area contributed by atoms with Crippen molar-refractivity contribution >= 4 is 17.0 Å². The minimum Gasteiger partial charge on any atom is -0.478 e. The van der Waals surface area contributed by atoms with Gasteiger partial charge in [0.1, 0.15) is 0 Å². The Bertz CT molecular complexity index is 635. The summed E-state index contributed by atoms with van der Waals surface area (Å²) in [6.45, 7) is 3.78. The van der Waals surface area contributed by atoms with Crippen molar-refractivity contribution in [1.29, 1.82) is 0 Å². The van der Waals surface area contributed by atoms with Crippen LogP contribution >= 0.6 is 0 Å². The third-order valence-corrected chi connectivity index (χ3v) is 4.05. The maximum absolute atomic E-state index is 11.1. The highest BCUT2D eigenvalue weighted by atomic mass is 16.5. The van der Waals surface area contributed by atoms with Gasteiger partial charge in [0.25, 0.3) is 0 Å². The molecule has 5 nitrogen and oxygen atoms in total. The normalized spacial score (nSPS) is 22.4. The fourth-order valence-electron chi connectivity index (χ4n) is 2.94. The predicted octanol–water partition coefficient (Wildman–Crippen LogP) is 2.55. The van der Waals surface area contributed by atoms with E-state index in [0.29, 0.717) is 17.6 Å².